The SMILES string of the molecule is OCC1(NC2CC2)CCC(Sc2ccc(F)c(F)c2)C1. The highest BCUT2D eigenvalue weighted by atomic mass is 32.2. The highest BCUT2D eigenvalue weighted by Gasteiger charge is 2.42. The molecule has 0 amide bonds. The maximum Gasteiger partial charge on any atom is 0.159 e. The van der Waals surface area contributed by atoms with Crippen molar-refractivity contribution in [1.29, 1.82) is 0 Å². The molecule has 3 rings (SSSR count). The number of nitrogens with one attached hydrogen (secondary N) is 1. The summed E-state index contributed by atoms with van der Waals surface area (Å²) in [5, 5.41) is 13.6. The van der Waals surface area contributed by atoms with Crippen LogP contribution in [0.1, 0.15) is 32.1 Å². The Balaban J connectivity index is 1.62. The van der Waals surface area contributed by atoms with Crippen LogP contribution in [0.4, 0.5) is 8.78 Å². The summed E-state index contributed by atoms with van der Waals surface area (Å²) < 4.78 is 26.1. The standard InChI is InChI=1S/C15H19F2NOS/c16-13-4-3-11(7-14(13)17)20-12-5-6-15(8-12,9-19)18-10-1-2-10/h3-4,7,10,12,18-19H,1-2,5-6,8-9H2. The molecule has 0 heterocycles. The summed E-state index contributed by atoms with van der Waals surface area (Å²) >= 11 is 1.58. The number of thioether (sulfide) groups is 1. The van der Waals surface area contributed by atoms with Gasteiger partial charge in [-0.25, -0.2) is 8.78 Å². The highest BCUT2D eigenvalue weighted by molar-refractivity contribution is 8.00. The Bertz CT molecular complexity index is 495. The Morgan fingerprint density at radius 2 is 2.05 bits per heavy atom. The van der Waals surface area contributed by atoms with Gasteiger partial charge in [0.15, 0.2) is 11.6 Å². The van der Waals surface area contributed by atoms with Gasteiger partial charge in [-0.2, -0.15) is 0 Å². The second-order valence-electron chi connectivity index (χ2n) is 5.92. The van der Waals surface area contributed by atoms with Gasteiger partial charge in [-0.15, -0.1) is 11.8 Å². The fourth-order valence-electron chi connectivity index (χ4n) is 2.90. The van der Waals surface area contributed by atoms with E-state index < -0.39 is 11.6 Å². The van der Waals surface area contributed by atoms with Crippen molar-refractivity contribution >= 4 is 11.8 Å². The molecule has 20 heavy (non-hydrogen) atoms. The first-order chi connectivity index (χ1) is 9.60. The Kier molecular flexibility index (Phi) is 4.02. The fourth-order valence-corrected chi connectivity index (χ4v) is 4.24. The highest BCUT2D eigenvalue weighted by Crippen LogP contribution is 2.41. The second-order valence-corrected chi connectivity index (χ2v) is 7.29. The maximum absolute atomic E-state index is 13.2. The summed E-state index contributed by atoms with van der Waals surface area (Å²) in [7, 11) is 0. The van der Waals surface area contributed by atoms with Crippen LogP contribution in [-0.2, 0) is 0 Å². The zero-order valence-electron chi connectivity index (χ0n) is 11.2. The van der Waals surface area contributed by atoms with E-state index in [0.29, 0.717) is 11.3 Å². The largest absolute Gasteiger partial charge is 0.394 e. The molecular formula is C15H19F2NOS. The topological polar surface area (TPSA) is 32.3 Å². The summed E-state index contributed by atoms with van der Waals surface area (Å²) in [6, 6.07) is 4.62. The van der Waals surface area contributed by atoms with E-state index in [9.17, 15) is 13.9 Å². The number of aliphatic hydroxyl groups is 1. The normalized spacial score (nSPS) is 29.9. The van der Waals surface area contributed by atoms with Crippen LogP contribution in [0.2, 0.25) is 0 Å². The lowest BCUT2D eigenvalue weighted by Gasteiger charge is -2.28. The average Bonchev–Trinajstić information content (AvgIpc) is 3.15. The zero-order chi connectivity index (χ0) is 14.2. The number of aliphatic hydroxyl groups excluding tert-OH is 1. The smallest absolute Gasteiger partial charge is 0.159 e. The molecule has 2 unspecified atom stereocenters. The molecule has 0 saturated heterocycles. The third-order valence-corrected chi connectivity index (χ3v) is 5.41. The van der Waals surface area contributed by atoms with Crippen molar-refractivity contribution in [1.82, 2.24) is 5.32 Å². The Labute approximate surface area is 122 Å². The predicted octanol–water partition coefficient (Wildman–Crippen LogP) is 3.09. The minimum atomic E-state index is -0.805. The van der Waals surface area contributed by atoms with Crippen LogP contribution in [0.25, 0.3) is 0 Å². The summed E-state index contributed by atoms with van der Waals surface area (Å²) in [6.45, 7) is 0.151. The van der Waals surface area contributed by atoms with E-state index in [1.54, 1.807) is 17.8 Å². The van der Waals surface area contributed by atoms with Crippen molar-refractivity contribution in [2.24, 2.45) is 0 Å². The molecule has 2 N–H and O–H groups in total. The van der Waals surface area contributed by atoms with Crippen molar-refractivity contribution < 1.29 is 13.9 Å². The number of hydrogen-bond donors (Lipinski definition) is 2. The molecule has 2 aliphatic carbocycles. The number of hydrogen-bond acceptors (Lipinski definition) is 3. The summed E-state index contributed by atoms with van der Waals surface area (Å²) in [6.07, 6.45) is 5.21. The molecule has 2 saturated carbocycles. The first kappa shape index (κ1) is 14.3. The molecule has 2 fully saturated rings. The van der Waals surface area contributed by atoms with Crippen LogP contribution >= 0.6 is 11.8 Å². The van der Waals surface area contributed by atoms with Crippen LogP contribution in [0, 0.1) is 11.6 Å². The van der Waals surface area contributed by atoms with E-state index in [1.807, 2.05) is 0 Å². The molecule has 1 aromatic carbocycles. The molecule has 0 radical (unpaired) electrons. The van der Waals surface area contributed by atoms with Gasteiger partial charge in [0.25, 0.3) is 0 Å². The van der Waals surface area contributed by atoms with Gasteiger partial charge in [-0.3, -0.25) is 0 Å². The van der Waals surface area contributed by atoms with Crippen molar-refractivity contribution in [3.05, 3.63) is 29.8 Å². The molecule has 0 aromatic heterocycles. The number of halogens is 2. The molecule has 2 atom stereocenters. The minimum absolute atomic E-state index is 0.151. The third kappa shape index (κ3) is 3.15. The van der Waals surface area contributed by atoms with E-state index in [2.05, 4.69) is 5.32 Å². The quantitative estimate of drug-likeness (QED) is 0.876. The Morgan fingerprint density at radius 3 is 2.70 bits per heavy atom. The average molecular weight is 299 g/mol. The molecule has 0 bridgehead atoms. The van der Waals surface area contributed by atoms with E-state index in [1.165, 1.54) is 25.0 Å². The monoisotopic (exact) mass is 299 g/mol. The van der Waals surface area contributed by atoms with Gasteiger partial charge >= 0.3 is 0 Å². The van der Waals surface area contributed by atoms with Crippen molar-refractivity contribution in [2.75, 3.05) is 6.61 Å². The maximum atomic E-state index is 13.2. The second kappa shape index (κ2) is 5.62. The van der Waals surface area contributed by atoms with Crippen LogP contribution in [0.5, 0.6) is 0 Å². The summed E-state index contributed by atoms with van der Waals surface area (Å²) in [5.74, 6) is -1.60. The van der Waals surface area contributed by atoms with E-state index in [0.717, 1.165) is 24.2 Å². The summed E-state index contributed by atoms with van der Waals surface area (Å²) in [4.78, 5) is 0.758. The first-order valence-electron chi connectivity index (χ1n) is 7.10. The first-order valence-corrected chi connectivity index (χ1v) is 7.98. The van der Waals surface area contributed by atoms with Crippen molar-refractivity contribution in [3.63, 3.8) is 0 Å². The molecule has 0 aliphatic heterocycles. The van der Waals surface area contributed by atoms with Crippen LogP contribution < -0.4 is 5.32 Å². The van der Waals surface area contributed by atoms with Gasteiger partial charge in [-0.1, -0.05) is 0 Å². The molecule has 2 aliphatic rings. The molecule has 5 heteroatoms. The van der Waals surface area contributed by atoms with Crippen molar-refractivity contribution in [3.8, 4) is 0 Å². The number of benzene rings is 1. The summed E-state index contributed by atoms with van der Waals surface area (Å²) in [5.41, 5.74) is -0.169. The zero-order valence-corrected chi connectivity index (χ0v) is 12.1. The van der Waals surface area contributed by atoms with Gasteiger partial charge in [0.05, 0.1) is 6.61 Å². The molecule has 2 nitrogen and oxygen atoms in total. The lowest BCUT2D eigenvalue weighted by atomic mass is 9.99. The molecule has 0 spiro atoms. The molecular weight excluding hydrogens is 280 g/mol. The molecule has 110 valence electrons. The van der Waals surface area contributed by atoms with E-state index >= 15 is 0 Å². The minimum Gasteiger partial charge on any atom is -0.394 e. The van der Waals surface area contributed by atoms with Crippen molar-refractivity contribution in [2.45, 2.75) is 53.8 Å². The van der Waals surface area contributed by atoms with Crippen LogP contribution in [-0.4, -0.2) is 28.5 Å². The Hall–Kier alpha value is -0.650. The number of rotatable bonds is 5. The van der Waals surface area contributed by atoms with Gasteiger partial charge in [0, 0.05) is 21.7 Å². The van der Waals surface area contributed by atoms with Crippen LogP contribution in [0.3, 0.4) is 0 Å². The lowest BCUT2D eigenvalue weighted by Crippen LogP contribution is -2.47. The fraction of sp³-hybridized carbons (Fsp3) is 0.600. The van der Waals surface area contributed by atoms with E-state index in [-0.39, 0.29) is 12.1 Å². The predicted molar refractivity (Wildman–Crippen MR) is 75.8 cm³/mol. The van der Waals surface area contributed by atoms with Gasteiger partial charge in [0.1, 0.15) is 0 Å². The van der Waals surface area contributed by atoms with Gasteiger partial charge in [0.2, 0.25) is 0 Å². The van der Waals surface area contributed by atoms with E-state index in [4.69, 9.17) is 0 Å². The van der Waals surface area contributed by atoms with Crippen LogP contribution in [0.15, 0.2) is 23.1 Å². The lowest BCUT2D eigenvalue weighted by molar-refractivity contribution is 0.163. The third-order valence-electron chi connectivity index (χ3n) is 4.15. The molecule has 1 aromatic rings. The Morgan fingerprint density at radius 1 is 1.25 bits per heavy atom. The van der Waals surface area contributed by atoms with Gasteiger partial charge in [-0.05, 0) is 50.3 Å². The van der Waals surface area contributed by atoms with Gasteiger partial charge < -0.3 is 10.4 Å².